The quantitative estimate of drug-likeness (QED) is 0.801. The second kappa shape index (κ2) is 8.10. The molecule has 1 amide bonds. The van der Waals surface area contributed by atoms with E-state index in [4.69, 9.17) is 9.47 Å². The summed E-state index contributed by atoms with van der Waals surface area (Å²) >= 11 is 0. The van der Waals surface area contributed by atoms with Crippen LogP contribution >= 0.6 is 0 Å². The summed E-state index contributed by atoms with van der Waals surface area (Å²) in [4.78, 5) is 16.9. The topological polar surface area (TPSA) is 59.8 Å². The van der Waals surface area contributed by atoms with Gasteiger partial charge in [-0.25, -0.2) is 0 Å². The van der Waals surface area contributed by atoms with Crippen LogP contribution in [0.3, 0.4) is 0 Å². The average molecular weight is 370 g/mol. The number of aromatic nitrogens is 2. The van der Waals surface area contributed by atoms with Crippen LogP contribution in [0.2, 0.25) is 0 Å². The Bertz CT molecular complexity index is 771. The number of carbonyl (C=O) groups excluding carboxylic acids is 1. The van der Waals surface area contributed by atoms with Gasteiger partial charge in [0.15, 0.2) is 5.69 Å². The van der Waals surface area contributed by atoms with Crippen molar-refractivity contribution in [3.63, 3.8) is 0 Å². The molecule has 1 saturated heterocycles. The van der Waals surface area contributed by atoms with Gasteiger partial charge < -0.3 is 14.4 Å². The first-order chi connectivity index (χ1) is 13.2. The highest BCUT2D eigenvalue weighted by molar-refractivity contribution is 5.92. The summed E-state index contributed by atoms with van der Waals surface area (Å²) in [6.07, 6.45) is 0. The van der Waals surface area contributed by atoms with Gasteiger partial charge >= 0.3 is 0 Å². The normalized spacial score (nSPS) is 18.8. The maximum absolute atomic E-state index is 12.7. The van der Waals surface area contributed by atoms with Crippen LogP contribution < -0.4 is 4.74 Å². The van der Waals surface area contributed by atoms with E-state index in [9.17, 15) is 4.79 Å². The molecule has 1 atom stereocenters. The molecular weight excluding hydrogens is 344 g/mol. The molecule has 1 fully saturated rings. The van der Waals surface area contributed by atoms with Gasteiger partial charge in [0.25, 0.3) is 5.91 Å². The highest BCUT2D eigenvalue weighted by atomic mass is 16.5. The summed E-state index contributed by atoms with van der Waals surface area (Å²) in [6, 6.07) is 12.1. The standard InChI is InChI=1S/C20H26N4O3/c1-16(15-27-18-5-3-2-4-6-18)23-7-8-24-17(14-23)13-19(21-24)20(25)22-9-11-26-12-10-22/h2-6,13,16H,7-12,14-15H2,1H3/t16-/m1/s1. The lowest BCUT2D eigenvalue weighted by Gasteiger charge is -2.32. The Labute approximate surface area is 159 Å². The fraction of sp³-hybridized carbons (Fsp3) is 0.500. The minimum Gasteiger partial charge on any atom is -0.492 e. The molecule has 0 bridgehead atoms. The molecular formula is C20H26N4O3. The number of hydrogen-bond acceptors (Lipinski definition) is 5. The molecule has 0 spiro atoms. The van der Waals surface area contributed by atoms with Gasteiger partial charge in [-0.3, -0.25) is 14.4 Å². The van der Waals surface area contributed by atoms with Gasteiger partial charge in [-0.05, 0) is 25.1 Å². The predicted octanol–water partition coefficient (Wildman–Crippen LogP) is 1.64. The van der Waals surface area contributed by atoms with Crippen molar-refractivity contribution in [2.24, 2.45) is 0 Å². The van der Waals surface area contributed by atoms with Gasteiger partial charge in [0, 0.05) is 32.2 Å². The number of hydrogen-bond donors (Lipinski definition) is 0. The zero-order chi connectivity index (χ0) is 18.6. The van der Waals surface area contributed by atoms with Gasteiger partial charge in [-0.1, -0.05) is 18.2 Å². The van der Waals surface area contributed by atoms with Gasteiger partial charge in [0.05, 0.1) is 25.5 Å². The number of fused-ring (bicyclic) bond motifs is 1. The maximum Gasteiger partial charge on any atom is 0.274 e. The summed E-state index contributed by atoms with van der Waals surface area (Å²) in [7, 11) is 0. The Morgan fingerprint density at radius 2 is 1.96 bits per heavy atom. The Morgan fingerprint density at radius 1 is 1.19 bits per heavy atom. The summed E-state index contributed by atoms with van der Waals surface area (Å²) in [5.74, 6) is 0.900. The van der Waals surface area contributed by atoms with E-state index >= 15 is 0 Å². The minimum absolute atomic E-state index is 0.00668. The lowest BCUT2D eigenvalue weighted by atomic mass is 10.2. The SMILES string of the molecule is C[C@H](COc1ccccc1)N1CCn2nc(C(=O)N3CCOCC3)cc2C1. The van der Waals surface area contributed by atoms with Gasteiger partial charge in [-0.2, -0.15) is 5.10 Å². The molecule has 27 heavy (non-hydrogen) atoms. The number of morpholine rings is 1. The highest BCUT2D eigenvalue weighted by Gasteiger charge is 2.26. The molecule has 0 aliphatic carbocycles. The predicted molar refractivity (Wildman–Crippen MR) is 101 cm³/mol. The molecule has 2 aliphatic rings. The van der Waals surface area contributed by atoms with Crippen molar-refractivity contribution < 1.29 is 14.3 Å². The molecule has 0 radical (unpaired) electrons. The van der Waals surface area contributed by atoms with Crippen molar-refractivity contribution in [1.82, 2.24) is 19.6 Å². The van der Waals surface area contributed by atoms with E-state index in [2.05, 4.69) is 16.9 Å². The van der Waals surface area contributed by atoms with E-state index in [1.807, 2.05) is 46.0 Å². The molecule has 0 saturated carbocycles. The van der Waals surface area contributed by atoms with Gasteiger partial charge in [0.1, 0.15) is 12.4 Å². The zero-order valence-corrected chi connectivity index (χ0v) is 15.7. The number of rotatable bonds is 5. The van der Waals surface area contributed by atoms with Crippen molar-refractivity contribution in [1.29, 1.82) is 0 Å². The van der Waals surface area contributed by atoms with Crippen LogP contribution in [0.15, 0.2) is 36.4 Å². The molecule has 3 heterocycles. The maximum atomic E-state index is 12.7. The fourth-order valence-electron chi connectivity index (χ4n) is 3.53. The number of amides is 1. The van der Waals surface area contributed by atoms with Crippen LogP contribution in [0.5, 0.6) is 5.75 Å². The molecule has 7 heteroatoms. The Kier molecular flexibility index (Phi) is 5.40. The van der Waals surface area contributed by atoms with Crippen molar-refractivity contribution >= 4 is 5.91 Å². The Balaban J connectivity index is 1.36. The number of para-hydroxylation sites is 1. The molecule has 0 N–H and O–H groups in total. The third kappa shape index (κ3) is 4.14. The second-order valence-electron chi connectivity index (χ2n) is 7.09. The van der Waals surface area contributed by atoms with Crippen molar-refractivity contribution in [3.05, 3.63) is 47.8 Å². The van der Waals surface area contributed by atoms with Gasteiger partial charge in [-0.15, -0.1) is 0 Å². The number of ether oxygens (including phenoxy) is 2. The molecule has 2 aliphatic heterocycles. The Hall–Kier alpha value is -2.38. The van der Waals surface area contributed by atoms with Crippen LogP contribution in [0.1, 0.15) is 23.1 Å². The lowest BCUT2D eigenvalue weighted by molar-refractivity contribution is 0.0298. The lowest BCUT2D eigenvalue weighted by Crippen LogP contribution is -2.42. The monoisotopic (exact) mass is 370 g/mol. The number of benzene rings is 1. The van der Waals surface area contributed by atoms with Crippen LogP contribution in [-0.4, -0.2) is 71.0 Å². The Morgan fingerprint density at radius 3 is 2.74 bits per heavy atom. The summed E-state index contributed by atoms with van der Waals surface area (Å²) in [5.41, 5.74) is 1.63. The molecule has 2 aromatic rings. The first-order valence-corrected chi connectivity index (χ1v) is 9.56. The molecule has 7 nitrogen and oxygen atoms in total. The van der Waals surface area contributed by atoms with E-state index in [-0.39, 0.29) is 11.9 Å². The largest absolute Gasteiger partial charge is 0.492 e. The van der Waals surface area contributed by atoms with Crippen LogP contribution in [-0.2, 0) is 17.8 Å². The zero-order valence-electron chi connectivity index (χ0n) is 15.7. The molecule has 1 aromatic carbocycles. The van der Waals surface area contributed by atoms with Gasteiger partial charge in [0.2, 0.25) is 0 Å². The van der Waals surface area contributed by atoms with E-state index in [1.54, 1.807) is 0 Å². The smallest absolute Gasteiger partial charge is 0.274 e. The van der Waals surface area contributed by atoms with E-state index in [0.717, 1.165) is 31.1 Å². The molecule has 0 unspecified atom stereocenters. The molecule has 1 aromatic heterocycles. The third-order valence-electron chi connectivity index (χ3n) is 5.20. The van der Waals surface area contributed by atoms with Crippen molar-refractivity contribution in [2.75, 3.05) is 39.5 Å². The summed E-state index contributed by atoms with van der Waals surface area (Å²) in [6.45, 7) is 7.77. The average Bonchev–Trinajstić information content (AvgIpc) is 3.16. The van der Waals surface area contributed by atoms with Crippen LogP contribution in [0.25, 0.3) is 0 Å². The van der Waals surface area contributed by atoms with E-state index in [1.165, 1.54) is 0 Å². The van der Waals surface area contributed by atoms with E-state index < -0.39 is 0 Å². The van der Waals surface area contributed by atoms with Crippen molar-refractivity contribution in [3.8, 4) is 5.75 Å². The fourth-order valence-corrected chi connectivity index (χ4v) is 3.53. The second-order valence-corrected chi connectivity index (χ2v) is 7.09. The van der Waals surface area contributed by atoms with E-state index in [0.29, 0.717) is 38.6 Å². The molecule has 144 valence electrons. The minimum atomic E-state index is 0.00668. The third-order valence-corrected chi connectivity index (χ3v) is 5.20. The van der Waals surface area contributed by atoms with Crippen LogP contribution in [0.4, 0.5) is 0 Å². The number of carbonyl (C=O) groups is 1. The molecule has 4 rings (SSSR count). The van der Waals surface area contributed by atoms with Crippen molar-refractivity contribution in [2.45, 2.75) is 26.1 Å². The summed E-state index contributed by atoms with van der Waals surface area (Å²) in [5, 5.41) is 4.54. The van der Waals surface area contributed by atoms with Crippen LogP contribution in [0, 0.1) is 0 Å². The first-order valence-electron chi connectivity index (χ1n) is 9.56. The first kappa shape index (κ1) is 18.0. The summed E-state index contributed by atoms with van der Waals surface area (Å²) < 4.78 is 13.2. The highest BCUT2D eigenvalue weighted by Crippen LogP contribution is 2.18. The number of nitrogens with zero attached hydrogens (tertiary/aromatic N) is 4.